The molecule has 2 heterocycles. The normalized spacial score (nSPS) is 18.2. The lowest BCUT2D eigenvalue weighted by molar-refractivity contribution is -0.127. The van der Waals surface area contributed by atoms with Crippen molar-refractivity contribution in [1.82, 2.24) is 20.0 Å². The lowest BCUT2D eigenvalue weighted by Gasteiger charge is -2.36. The summed E-state index contributed by atoms with van der Waals surface area (Å²) < 4.78 is 0. The summed E-state index contributed by atoms with van der Waals surface area (Å²) in [6.45, 7) is 10.6. The number of benzene rings is 1. The fraction of sp³-hybridized carbons (Fsp3) is 0.565. The Morgan fingerprint density at radius 1 is 1.13 bits per heavy atom. The van der Waals surface area contributed by atoms with E-state index in [1.54, 1.807) is 0 Å². The lowest BCUT2D eigenvalue weighted by atomic mass is 10.2. The molecule has 0 aromatic heterocycles. The van der Waals surface area contributed by atoms with Gasteiger partial charge in [0.2, 0.25) is 5.91 Å². The van der Waals surface area contributed by atoms with Crippen LogP contribution < -0.4 is 5.32 Å². The number of halogens is 1. The van der Waals surface area contributed by atoms with Crippen molar-refractivity contribution in [2.45, 2.75) is 26.2 Å². The van der Waals surface area contributed by atoms with Gasteiger partial charge in [-0.25, -0.2) is 0 Å². The van der Waals surface area contributed by atoms with Crippen LogP contribution in [0.1, 0.15) is 31.7 Å². The molecule has 2 saturated heterocycles. The number of amides is 1. The van der Waals surface area contributed by atoms with Gasteiger partial charge in [-0.1, -0.05) is 42.5 Å². The molecule has 2 aliphatic rings. The van der Waals surface area contributed by atoms with Crippen LogP contribution in [0.5, 0.6) is 0 Å². The van der Waals surface area contributed by atoms with E-state index in [4.69, 9.17) is 4.99 Å². The van der Waals surface area contributed by atoms with Crippen molar-refractivity contribution >= 4 is 41.9 Å². The van der Waals surface area contributed by atoms with Crippen LogP contribution in [-0.2, 0) is 4.79 Å². The molecule has 0 unspecified atom stereocenters. The SMILES string of the molecule is CCNC(=NCCCN1CCCC1=O)N1CCN(C/C=C/c2ccccc2)CC1.I. The Balaban J connectivity index is 0.00000320. The van der Waals surface area contributed by atoms with Crippen LogP contribution in [0, 0.1) is 0 Å². The molecule has 0 saturated carbocycles. The molecule has 0 bridgehead atoms. The first-order chi connectivity index (χ1) is 14.3. The summed E-state index contributed by atoms with van der Waals surface area (Å²) in [5.74, 6) is 1.32. The number of rotatable bonds is 8. The van der Waals surface area contributed by atoms with Gasteiger partial charge in [-0.3, -0.25) is 14.7 Å². The number of hydrogen-bond donors (Lipinski definition) is 1. The van der Waals surface area contributed by atoms with Gasteiger partial charge in [0.15, 0.2) is 5.96 Å². The van der Waals surface area contributed by atoms with E-state index in [-0.39, 0.29) is 24.0 Å². The summed E-state index contributed by atoms with van der Waals surface area (Å²) >= 11 is 0. The van der Waals surface area contributed by atoms with Crippen molar-refractivity contribution in [3.8, 4) is 0 Å². The Morgan fingerprint density at radius 3 is 2.57 bits per heavy atom. The molecule has 1 aromatic carbocycles. The first-order valence-corrected chi connectivity index (χ1v) is 11.0. The number of guanidine groups is 1. The number of nitrogens with zero attached hydrogens (tertiary/aromatic N) is 4. The third-order valence-electron chi connectivity index (χ3n) is 5.50. The molecule has 7 heteroatoms. The molecular weight excluding hydrogens is 489 g/mol. The molecular formula is C23H36IN5O. The van der Waals surface area contributed by atoms with E-state index in [0.29, 0.717) is 5.91 Å². The van der Waals surface area contributed by atoms with Crippen LogP contribution in [0.15, 0.2) is 41.4 Å². The van der Waals surface area contributed by atoms with Crippen molar-refractivity contribution < 1.29 is 4.79 Å². The molecule has 2 fully saturated rings. The number of aliphatic imine (C=N–C) groups is 1. The predicted octanol–water partition coefficient (Wildman–Crippen LogP) is 2.91. The summed E-state index contributed by atoms with van der Waals surface area (Å²) in [6.07, 6.45) is 7.12. The van der Waals surface area contributed by atoms with E-state index in [9.17, 15) is 4.79 Å². The highest BCUT2D eigenvalue weighted by Crippen LogP contribution is 2.10. The maximum Gasteiger partial charge on any atom is 0.222 e. The van der Waals surface area contributed by atoms with Gasteiger partial charge >= 0.3 is 0 Å². The molecule has 0 spiro atoms. The Kier molecular flexibility index (Phi) is 11.2. The van der Waals surface area contributed by atoms with Crippen molar-refractivity contribution in [1.29, 1.82) is 0 Å². The van der Waals surface area contributed by atoms with Crippen LogP contribution in [-0.4, -0.2) is 85.5 Å². The van der Waals surface area contributed by atoms with Gasteiger partial charge in [-0.15, -0.1) is 24.0 Å². The van der Waals surface area contributed by atoms with Gasteiger partial charge in [-0.05, 0) is 25.3 Å². The minimum Gasteiger partial charge on any atom is -0.357 e. The highest BCUT2D eigenvalue weighted by molar-refractivity contribution is 14.0. The summed E-state index contributed by atoms with van der Waals surface area (Å²) in [5, 5.41) is 3.43. The summed E-state index contributed by atoms with van der Waals surface area (Å²) in [7, 11) is 0. The first-order valence-electron chi connectivity index (χ1n) is 11.0. The van der Waals surface area contributed by atoms with Gasteiger partial charge in [0.05, 0.1) is 0 Å². The van der Waals surface area contributed by atoms with E-state index >= 15 is 0 Å². The minimum atomic E-state index is 0. The number of hydrogen-bond acceptors (Lipinski definition) is 3. The Bertz CT molecular complexity index is 686. The molecule has 6 nitrogen and oxygen atoms in total. The Morgan fingerprint density at radius 2 is 1.90 bits per heavy atom. The fourth-order valence-electron chi connectivity index (χ4n) is 3.86. The van der Waals surface area contributed by atoms with E-state index in [2.05, 4.69) is 58.5 Å². The molecule has 0 atom stereocenters. The summed E-state index contributed by atoms with van der Waals surface area (Å²) in [6, 6.07) is 10.5. The molecule has 1 aromatic rings. The third kappa shape index (κ3) is 7.91. The zero-order valence-electron chi connectivity index (χ0n) is 18.1. The van der Waals surface area contributed by atoms with Gasteiger partial charge in [0, 0.05) is 65.3 Å². The zero-order chi connectivity index (χ0) is 20.3. The highest BCUT2D eigenvalue weighted by Gasteiger charge is 2.20. The van der Waals surface area contributed by atoms with Crippen LogP contribution in [0.2, 0.25) is 0 Å². The first kappa shape index (κ1) is 24.7. The molecule has 0 radical (unpaired) electrons. The highest BCUT2D eigenvalue weighted by atomic mass is 127. The Hall–Kier alpha value is -1.61. The van der Waals surface area contributed by atoms with Crippen molar-refractivity contribution in [3.63, 3.8) is 0 Å². The molecule has 166 valence electrons. The second-order valence-corrected chi connectivity index (χ2v) is 7.67. The molecule has 0 aliphatic carbocycles. The molecule has 3 rings (SSSR count). The molecule has 30 heavy (non-hydrogen) atoms. The van der Waals surface area contributed by atoms with Gasteiger partial charge < -0.3 is 15.1 Å². The second-order valence-electron chi connectivity index (χ2n) is 7.67. The maximum atomic E-state index is 11.7. The fourth-order valence-corrected chi connectivity index (χ4v) is 3.86. The van der Waals surface area contributed by atoms with Gasteiger partial charge in [0.25, 0.3) is 0 Å². The van der Waals surface area contributed by atoms with Gasteiger partial charge in [-0.2, -0.15) is 0 Å². The zero-order valence-corrected chi connectivity index (χ0v) is 20.5. The topological polar surface area (TPSA) is 51.2 Å². The smallest absolute Gasteiger partial charge is 0.222 e. The van der Waals surface area contributed by atoms with Crippen LogP contribution in [0.3, 0.4) is 0 Å². The average molecular weight is 525 g/mol. The lowest BCUT2D eigenvalue weighted by Crippen LogP contribution is -2.52. The molecule has 1 amide bonds. The van der Waals surface area contributed by atoms with Crippen LogP contribution in [0.4, 0.5) is 0 Å². The van der Waals surface area contributed by atoms with Crippen LogP contribution in [0.25, 0.3) is 6.08 Å². The monoisotopic (exact) mass is 525 g/mol. The average Bonchev–Trinajstić information content (AvgIpc) is 3.16. The quantitative estimate of drug-likeness (QED) is 0.246. The molecule has 1 N–H and O–H groups in total. The van der Waals surface area contributed by atoms with E-state index in [0.717, 1.165) is 84.1 Å². The number of carbonyl (C=O) groups is 1. The predicted molar refractivity (Wildman–Crippen MR) is 135 cm³/mol. The second kappa shape index (κ2) is 13.6. The van der Waals surface area contributed by atoms with E-state index in [1.165, 1.54) is 5.56 Å². The summed E-state index contributed by atoms with van der Waals surface area (Å²) in [4.78, 5) is 23.3. The standard InChI is InChI=1S/C23H35N5O.HI/c1-2-24-23(25-13-8-16-27-15-7-12-22(27)29)28-19-17-26(18-20-28)14-6-11-21-9-4-3-5-10-21;/h3-6,9-11H,2,7-8,12-20H2,1H3,(H,24,25);1H/b11-6+;. The molecule has 2 aliphatic heterocycles. The number of nitrogens with one attached hydrogen (secondary N) is 1. The van der Waals surface area contributed by atoms with E-state index in [1.807, 2.05) is 11.0 Å². The third-order valence-corrected chi connectivity index (χ3v) is 5.50. The van der Waals surface area contributed by atoms with Crippen molar-refractivity contribution in [2.75, 3.05) is 58.9 Å². The summed E-state index contributed by atoms with van der Waals surface area (Å²) in [5.41, 5.74) is 1.25. The van der Waals surface area contributed by atoms with Crippen molar-refractivity contribution in [3.05, 3.63) is 42.0 Å². The van der Waals surface area contributed by atoms with Gasteiger partial charge in [0.1, 0.15) is 0 Å². The van der Waals surface area contributed by atoms with E-state index < -0.39 is 0 Å². The van der Waals surface area contributed by atoms with Crippen LogP contribution >= 0.6 is 24.0 Å². The Labute approximate surface area is 198 Å². The maximum absolute atomic E-state index is 11.7. The number of carbonyl (C=O) groups excluding carboxylic acids is 1. The largest absolute Gasteiger partial charge is 0.357 e. The number of likely N-dealkylation sites (tertiary alicyclic amines) is 1. The minimum absolute atomic E-state index is 0. The van der Waals surface area contributed by atoms with Crippen molar-refractivity contribution in [2.24, 2.45) is 4.99 Å². The number of piperazine rings is 1.